The number of carbonyl (C=O) groups excluding carboxylic acids is 1. The van der Waals surface area contributed by atoms with Crippen LogP contribution in [0.25, 0.3) is 6.08 Å². The average molecular weight is 309 g/mol. The van der Waals surface area contributed by atoms with E-state index in [1.165, 1.54) is 24.3 Å². The number of carboxylic acids is 1. The fraction of sp³-hybridized carbons (Fsp3) is 0.111. The van der Waals surface area contributed by atoms with Gasteiger partial charge in [0, 0.05) is 17.7 Å². The molecule has 0 saturated carbocycles. The van der Waals surface area contributed by atoms with E-state index in [1.54, 1.807) is 6.08 Å². The Labute approximate surface area is 132 Å². The third-order valence-corrected chi connectivity index (χ3v) is 3.77. The molecule has 0 bridgehead atoms. The molecule has 3 rings (SSSR count). The highest BCUT2D eigenvalue weighted by atomic mass is 16.4. The summed E-state index contributed by atoms with van der Waals surface area (Å²) >= 11 is 0. The number of anilines is 1. The van der Waals surface area contributed by atoms with Gasteiger partial charge in [-0.25, -0.2) is 4.79 Å². The molecule has 2 aromatic rings. The van der Waals surface area contributed by atoms with Gasteiger partial charge in [0.25, 0.3) is 0 Å². The summed E-state index contributed by atoms with van der Waals surface area (Å²) in [5.41, 5.74) is 3.23. The van der Waals surface area contributed by atoms with E-state index in [9.17, 15) is 14.7 Å². The molecule has 0 amide bonds. The van der Waals surface area contributed by atoms with Crippen LogP contribution < -0.4 is 5.32 Å². The van der Waals surface area contributed by atoms with Gasteiger partial charge < -0.3 is 15.5 Å². The van der Waals surface area contributed by atoms with E-state index in [0.29, 0.717) is 17.7 Å². The summed E-state index contributed by atoms with van der Waals surface area (Å²) in [6, 6.07) is 13.5. The summed E-state index contributed by atoms with van der Waals surface area (Å²) in [5.74, 6) is -1.41. The molecule has 116 valence electrons. The first kappa shape index (κ1) is 15.0. The second-order valence-corrected chi connectivity index (χ2v) is 5.34. The molecular weight excluding hydrogens is 294 g/mol. The van der Waals surface area contributed by atoms with Gasteiger partial charge in [-0.05, 0) is 41.5 Å². The van der Waals surface area contributed by atoms with Gasteiger partial charge in [0.1, 0.15) is 0 Å². The zero-order valence-corrected chi connectivity index (χ0v) is 12.2. The van der Waals surface area contributed by atoms with Crippen molar-refractivity contribution < 1.29 is 19.8 Å². The van der Waals surface area contributed by atoms with E-state index in [0.717, 1.165) is 11.1 Å². The predicted octanol–water partition coefficient (Wildman–Crippen LogP) is 2.32. The molecule has 5 heteroatoms. The van der Waals surface area contributed by atoms with Crippen LogP contribution in [0.4, 0.5) is 5.69 Å². The minimum Gasteiger partial charge on any atom is -0.478 e. The van der Waals surface area contributed by atoms with Gasteiger partial charge in [-0.2, -0.15) is 0 Å². The summed E-state index contributed by atoms with van der Waals surface area (Å²) in [4.78, 5) is 23.1. The Hall–Kier alpha value is -2.92. The van der Waals surface area contributed by atoms with Crippen molar-refractivity contribution in [3.63, 3.8) is 0 Å². The number of rotatable bonds is 5. The molecule has 0 spiro atoms. The van der Waals surface area contributed by atoms with E-state index < -0.39 is 12.2 Å². The second kappa shape index (κ2) is 6.06. The lowest BCUT2D eigenvalue weighted by Crippen LogP contribution is -2.30. The molecule has 0 aromatic heterocycles. The van der Waals surface area contributed by atoms with Crippen molar-refractivity contribution in [1.82, 2.24) is 0 Å². The summed E-state index contributed by atoms with van der Waals surface area (Å²) in [5, 5.41) is 21.6. The maximum atomic E-state index is 12.3. The molecule has 23 heavy (non-hydrogen) atoms. The van der Waals surface area contributed by atoms with Crippen LogP contribution in [0.5, 0.6) is 0 Å². The molecular formula is C18H15NO4. The molecule has 3 N–H and O–H groups in total. The largest absolute Gasteiger partial charge is 0.478 e. The highest BCUT2D eigenvalue weighted by Crippen LogP contribution is 2.26. The number of ketones is 1. The van der Waals surface area contributed by atoms with Crippen LogP contribution in [0.15, 0.2) is 54.1 Å². The Morgan fingerprint density at radius 2 is 1.74 bits per heavy atom. The van der Waals surface area contributed by atoms with Gasteiger partial charge in [-0.15, -0.1) is 0 Å². The third kappa shape index (κ3) is 3.14. The van der Waals surface area contributed by atoms with E-state index in [4.69, 9.17) is 5.11 Å². The number of aliphatic hydroxyl groups excluding tert-OH is 1. The monoisotopic (exact) mass is 309 g/mol. The van der Waals surface area contributed by atoms with Crippen molar-refractivity contribution in [2.45, 2.75) is 12.6 Å². The van der Waals surface area contributed by atoms with Gasteiger partial charge in [0.05, 0.1) is 5.56 Å². The summed E-state index contributed by atoms with van der Waals surface area (Å²) in [6.45, 7) is 0. The number of aliphatic hydroxyl groups is 1. The van der Waals surface area contributed by atoms with Crippen LogP contribution in [-0.4, -0.2) is 28.2 Å². The molecule has 0 saturated heterocycles. The fourth-order valence-electron chi connectivity index (χ4n) is 2.55. The summed E-state index contributed by atoms with van der Waals surface area (Å²) < 4.78 is 0. The van der Waals surface area contributed by atoms with Crippen LogP contribution in [0.3, 0.4) is 0 Å². The fourth-order valence-corrected chi connectivity index (χ4v) is 2.55. The molecule has 2 aromatic carbocycles. The lowest BCUT2D eigenvalue weighted by Gasteiger charge is -2.13. The van der Waals surface area contributed by atoms with Crippen molar-refractivity contribution in [2.24, 2.45) is 0 Å². The number of carboxylic acid groups (broad SMARTS) is 1. The first-order chi connectivity index (χ1) is 11.0. The Balaban J connectivity index is 1.68. The third-order valence-electron chi connectivity index (χ3n) is 3.77. The number of hydrogen-bond donors (Lipinski definition) is 3. The molecule has 0 heterocycles. The number of benzene rings is 2. The van der Waals surface area contributed by atoms with Crippen LogP contribution in [0, 0.1) is 0 Å². The molecule has 1 aliphatic rings. The van der Waals surface area contributed by atoms with E-state index >= 15 is 0 Å². The minimum absolute atomic E-state index is 0.144. The first-order valence-corrected chi connectivity index (χ1v) is 7.15. The molecule has 0 radical (unpaired) electrons. The Bertz CT molecular complexity index is 793. The standard InChI is InChI=1S/C18H15NO4/c20-16(14-9-12-3-1-2-4-13(12)10-14)17(21)19-15-7-5-11(6-8-15)18(22)23/h1-9,17,19,21H,10H2,(H,22,23). The van der Waals surface area contributed by atoms with Gasteiger partial charge in [-0.3, -0.25) is 4.79 Å². The molecule has 1 atom stereocenters. The van der Waals surface area contributed by atoms with Crippen molar-refractivity contribution in [3.8, 4) is 0 Å². The van der Waals surface area contributed by atoms with Crippen LogP contribution >= 0.6 is 0 Å². The zero-order valence-electron chi connectivity index (χ0n) is 12.2. The summed E-state index contributed by atoms with van der Waals surface area (Å²) in [7, 11) is 0. The number of nitrogens with one attached hydrogen (secondary N) is 1. The van der Waals surface area contributed by atoms with Crippen molar-refractivity contribution in [1.29, 1.82) is 0 Å². The Kier molecular flexibility index (Phi) is 3.95. The van der Waals surface area contributed by atoms with Gasteiger partial charge in [0.2, 0.25) is 5.78 Å². The number of Topliss-reactive ketones (excluding diaryl/α,β-unsaturated/α-hetero) is 1. The van der Waals surface area contributed by atoms with Crippen LogP contribution in [-0.2, 0) is 11.2 Å². The van der Waals surface area contributed by atoms with E-state index in [2.05, 4.69) is 5.32 Å². The molecule has 0 fully saturated rings. The number of aromatic carboxylic acids is 1. The lowest BCUT2D eigenvalue weighted by atomic mass is 10.1. The van der Waals surface area contributed by atoms with Gasteiger partial charge in [0.15, 0.2) is 6.23 Å². The smallest absolute Gasteiger partial charge is 0.335 e. The highest BCUT2D eigenvalue weighted by Gasteiger charge is 2.24. The molecule has 1 aliphatic carbocycles. The topological polar surface area (TPSA) is 86.6 Å². The van der Waals surface area contributed by atoms with Crippen LogP contribution in [0.1, 0.15) is 21.5 Å². The summed E-state index contributed by atoms with van der Waals surface area (Å²) in [6.07, 6.45) is 0.924. The van der Waals surface area contributed by atoms with Crippen molar-refractivity contribution in [2.75, 3.05) is 5.32 Å². The quantitative estimate of drug-likeness (QED) is 0.738. The average Bonchev–Trinajstić information content (AvgIpc) is 2.98. The van der Waals surface area contributed by atoms with Crippen molar-refractivity contribution in [3.05, 3.63) is 70.8 Å². The minimum atomic E-state index is -1.37. The Morgan fingerprint density at radius 1 is 1.04 bits per heavy atom. The van der Waals surface area contributed by atoms with E-state index in [1.807, 2.05) is 24.3 Å². The predicted molar refractivity (Wildman–Crippen MR) is 86.2 cm³/mol. The maximum Gasteiger partial charge on any atom is 0.335 e. The van der Waals surface area contributed by atoms with Crippen LogP contribution in [0.2, 0.25) is 0 Å². The molecule has 0 aliphatic heterocycles. The normalized spacial score (nSPS) is 13.9. The first-order valence-electron chi connectivity index (χ1n) is 7.15. The lowest BCUT2D eigenvalue weighted by molar-refractivity contribution is -0.122. The highest BCUT2D eigenvalue weighted by molar-refractivity contribution is 6.05. The zero-order chi connectivity index (χ0) is 16.4. The van der Waals surface area contributed by atoms with Gasteiger partial charge in [-0.1, -0.05) is 24.3 Å². The number of hydrogen-bond acceptors (Lipinski definition) is 4. The van der Waals surface area contributed by atoms with Gasteiger partial charge >= 0.3 is 5.97 Å². The Morgan fingerprint density at radius 3 is 2.39 bits per heavy atom. The van der Waals surface area contributed by atoms with Crippen molar-refractivity contribution >= 4 is 23.5 Å². The molecule has 1 unspecified atom stereocenters. The molecule has 5 nitrogen and oxygen atoms in total. The number of carbonyl (C=O) groups is 2. The maximum absolute atomic E-state index is 12.3. The van der Waals surface area contributed by atoms with E-state index in [-0.39, 0.29) is 11.3 Å². The number of fused-ring (bicyclic) bond motifs is 1. The SMILES string of the molecule is O=C(O)c1ccc(NC(O)C(=O)C2=Cc3ccccc3C2)cc1. The second-order valence-electron chi connectivity index (χ2n) is 5.34.